The lowest BCUT2D eigenvalue weighted by atomic mass is 10.1. The number of carbonyl (C=O) groups excluding carboxylic acids is 1. The fraction of sp³-hybridized carbons (Fsp3) is 0.182. The van der Waals surface area contributed by atoms with E-state index < -0.39 is 0 Å². The van der Waals surface area contributed by atoms with Crippen LogP contribution in [0.1, 0.15) is 12.0 Å². The van der Waals surface area contributed by atoms with Crippen LogP contribution in [-0.4, -0.2) is 11.0 Å². The first kappa shape index (κ1) is 9.58. The van der Waals surface area contributed by atoms with Crippen LogP contribution in [-0.2, 0) is 11.2 Å². The second-order valence-corrected chi connectivity index (χ2v) is 3.41. The molecule has 0 unspecified atom stereocenters. The molecule has 1 aromatic heterocycles. The number of rotatable bonds is 3. The molecule has 0 aliphatic rings. The van der Waals surface area contributed by atoms with Gasteiger partial charge in [0.05, 0.1) is 6.26 Å². The summed E-state index contributed by atoms with van der Waals surface area (Å²) in [5, 5.41) is 10.1. The van der Waals surface area contributed by atoms with Gasteiger partial charge in [-0.05, 0) is 24.1 Å². The van der Waals surface area contributed by atoms with Crippen molar-refractivity contribution >= 4 is 16.9 Å². The highest BCUT2D eigenvalue weighted by atomic mass is 16.3. The normalized spacial score (nSPS) is 10.7. The van der Waals surface area contributed by atoms with Gasteiger partial charge >= 0.3 is 0 Å². The van der Waals surface area contributed by atoms with Gasteiger partial charge in [-0.15, -0.1) is 0 Å². The van der Waals surface area contributed by atoms with Crippen LogP contribution in [0, 0.1) is 0 Å². The van der Waals surface area contributed by atoms with Crippen molar-refractivity contribution < 1.29 is 14.3 Å². The first-order valence-corrected chi connectivity index (χ1v) is 4.64. The summed E-state index contributed by atoms with van der Waals surface area (Å²) < 4.78 is 5.25. The molecule has 1 heterocycles. The summed E-state index contributed by atoms with van der Waals surface area (Å²) >= 11 is 0. The molecule has 0 fully saturated rings. The standard InChI is InChI=1S/C11H11NO3/c12-11(14)4-1-7-6-15-10-5-8(13)2-3-9(7)10/h2-3,5-6,13H,1,4H2,(H2,12,14). The summed E-state index contributed by atoms with van der Waals surface area (Å²) in [4.78, 5) is 10.6. The SMILES string of the molecule is NC(=O)CCc1coc2cc(O)ccc12. The van der Waals surface area contributed by atoms with Crippen LogP contribution in [0.3, 0.4) is 0 Å². The van der Waals surface area contributed by atoms with Crippen molar-refractivity contribution in [3.63, 3.8) is 0 Å². The average molecular weight is 205 g/mol. The minimum atomic E-state index is -0.330. The number of primary amides is 1. The Labute approximate surface area is 86.3 Å². The molecule has 3 N–H and O–H groups in total. The summed E-state index contributed by atoms with van der Waals surface area (Å²) in [6.45, 7) is 0. The van der Waals surface area contributed by atoms with Crippen molar-refractivity contribution in [3.05, 3.63) is 30.0 Å². The Morgan fingerprint density at radius 1 is 1.47 bits per heavy atom. The fourth-order valence-electron chi connectivity index (χ4n) is 1.52. The molecule has 4 nitrogen and oxygen atoms in total. The Bertz CT molecular complexity index is 502. The smallest absolute Gasteiger partial charge is 0.217 e. The summed E-state index contributed by atoms with van der Waals surface area (Å²) in [5.41, 5.74) is 6.62. The molecular weight excluding hydrogens is 194 g/mol. The van der Waals surface area contributed by atoms with E-state index in [4.69, 9.17) is 10.2 Å². The van der Waals surface area contributed by atoms with Crippen molar-refractivity contribution in [2.75, 3.05) is 0 Å². The summed E-state index contributed by atoms with van der Waals surface area (Å²) in [6.07, 6.45) is 2.45. The second kappa shape index (κ2) is 3.65. The van der Waals surface area contributed by atoms with Crippen LogP contribution in [0.25, 0.3) is 11.0 Å². The highest BCUT2D eigenvalue weighted by Crippen LogP contribution is 2.25. The van der Waals surface area contributed by atoms with E-state index in [1.165, 1.54) is 0 Å². The second-order valence-electron chi connectivity index (χ2n) is 3.41. The molecular formula is C11H11NO3. The molecule has 0 bridgehead atoms. The van der Waals surface area contributed by atoms with E-state index in [1.54, 1.807) is 24.5 Å². The number of fused-ring (bicyclic) bond motifs is 1. The van der Waals surface area contributed by atoms with Crippen molar-refractivity contribution in [2.45, 2.75) is 12.8 Å². The number of furan rings is 1. The largest absolute Gasteiger partial charge is 0.508 e. The molecule has 0 aliphatic heterocycles. The molecule has 4 heteroatoms. The van der Waals surface area contributed by atoms with Crippen LogP contribution in [0.4, 0.5) is 0 Å². The van der Waals surface area contributed by atoms with Gasteiger partial charge in [-0.3, -0.25) is 4.79 Å². The van der Waals surface area contributed by atoms with Gasteiger partial charge in [0.25, 0.3) is 0 Å². The molecule has 0 radical (unpaired) electrons. The zero-order valence-corrected chi connectivity index (χ0v) is 8.06. The molecule has 0 saturated heterocycles. The monoisotopic (exact) mass is 205 g/mol. The van der Waals surface area contributed by atoms with Gasteiger partial charge in [-0.2, -0.15) is 0 Å². The van der Waals surface area contributed by atoms with Crippen molar-refractivity contribution in [2.24, 2.45) is 5.73 Å². The highest BCUT2D eigenvalue weighted by molar-refractivity contribution is 5.83. The van der Waals surface area contributed by atoms with Crippen LogP contribution < -0.4 is 5.73 Å². The Kier molecular flexibility index (Phi) is 2.33. The number of hydrogen-bond donors (Lipinski definition) is 2. The molecule has 0 atom stereocenters. The summed E-state index contributed by atoms with van der Waals surface area (Å²) in [6, 6.07) is 4.90. The Morgan fingerprint density at radius 3 is 3.00 bits per heavy atom. The Balaban J connectivity index is 2.32. The van der Waals surface area contributed by atoms with Crippen LogP contribution in [0.5, 0.6) is 5.75 Å². The molecule has 0 aliphatic carbocycles. The fourth-order valence-corrected chi connectivity index (χ4v) is 1.52. The summed E-state index contributed by atoms with van der Waals surface area (Å²) in [5.74, 6) is -0.165. The Hall–Kier alpha value is -1.97. The van der Waals surface area contributed by atoms with Gasteiger partial charge in [0.1, 0.15) is 11.3 Å². The van der Waals surface area contributed by atoms with E-state index in [9.17, 15) is 9.90 Å². The van der Waals surface area contributed by atoms with Gasteiger partial charge in [-0.25, -0.2) is 0 Å². The maximum atomic E-state index is 10.6. The average Bonchev–Trinajstić information content (AvgIpc) is 2.57. The zero-order chi connectivity index (χ0) is 10.8. The van der Waals surface area contributed by atoms with E-state index in [0.717, 1.165) is 10.9 Å². The maximum absolute atomic E-state index is 10.6. The minimum absolute atomic E-state index is 0.165. The third-order valence-corrected chi connectivity index (χ3v) is 2.28. The number of aryl methyl sites for hydroxylation is 1. The van der Waals surface area contributed by atoms with Gasteiger partial charge in [0.2, 0.25) is 5.91 Å². The topological polar surface area (TPSA) is 76.5 Å². The molecule has 15 heavy (non-hydrogen) atoms. The van der Waals surface area contributed by atoms with Gasteiger partial charge < -0.3 is 15.3 Å². The van der Waals surface area contributed by atoms with E-state index in [-0.39, 0.29) is 11.7 Å². The Morgan fingerprint density at radius 2 is 2.27 bits per heavy atom. The first-order valence-electron chi connectivity index (χ1n) is 4.64. The van der Waals surface area contributed by atoms with E-state index in [1.807, 2.05) is 0 Å². The van der Waals surface area contributed by atoms with Gasteiger partial charge in [0.15, 0.2) is 0 Å². The number of nitrogens with two attached hydrogens (primary N) is 1. The van der Waals surface area contributed by atoms with Crippen molar-refractivity contribution in [1.29, 1.82) is 0 Å². The molecule has 0 spiro atoms. The minimum Gasteiger partial charge on any atom is -0.508 e. The highest BCUT2D eigenvalue weighted by Gasteiger charge is 2.07. The van der Waals surface area contributed by atoms with E-state index in [2.05, 4.69) is 0 Å². The number of hydrogen-bond acceptors (Lipinski definition) is 3. The number of carbonyl (C=O) groups is 1. The maximum Gasteiger partial charge on any atom is 0.217 e. The summed E-state index contributed by atoms with van der Waals surface area (Å²) in [7, 11) is 0. The predicted molar refractivity (Wildman–Crippen MR) is 55.4 cm³/mol. The number of benzene rings is 1. The molecule has 1 aromatic carbocycles. The number of phenolic OH excluding ortho intramolecular Hbond substituents is 1. The van der Waals surface area contributed by atoms with Gasteiger partial charge in [-0.1, -0.05) is 0 Å². The van der Waals surface area contributed by atoms with Crippen LogP contribution >= 0.6 is 0 Å². The van der Waals surface area contributed by atoms with Crippen molar-refractivity contribution in [3.8, 4) is 5.75 Å². The third kappa shape index (κ3) is 1.93. The van der Waals surface area contributed by atoms with Crippen molar-refractivity contribution in [1.82, 2.24) is 0 Å². The predicted octanol–water partition coefficient (Wildman–Crippen LogP) is 1.56. The lowest BCUT2D eigenvalue weighted by molar-refractivity contribution is -0.117. The molecule has 1 amide bonds. The van der Waals surface area contributed by atoms with Gasteiger partial charge in [0, 0.05) is 17.9 Å². The van der Waals surface area contributed by atoms with Crippen LogP contribution in [0.2, 0.25) is 0 Å². The quantitative estimate of drug-likeness (QED) is 0.798. The number of aromatic hydroxyl groups is 1. The lowest BCUT2D eigenvalue weighted by Crippen LogP contribution is -2.10. The zero-order valence-electron chi connectivity index (χ0n) is 8.06. The number of amides is 1. The third-order valence-electron chi connectivity index (χ3n) is 2.28. The van der Waals surface area contributed by atoms with E-state index >= 15 is 0 Å². The van der Waals surface area contributed by atoms with Crippen LogP contribution in [0.15, 0.2) is 28.9 Å². The molecule has 2 rings (SSSR count). The first-order chi connectivity index (χ1) is 7.16. The molecule has 78 valence electrons. The lowest BCUT2D eigenvalue weighted by Gasteiger charge is -1.95. The molecule has 2 aromatic rings. The molecule has 0 saturated carbocycles. The number of phenols is 1. The van der Waals surface area contributed by atoms with E-state index in [0.29, 0.717) is 18.4 Å².